The summed E-state index contributed by atoms with van der Waals surface area (Å²) in [5.41, 5.74) is 7.77. The Labute approximate surface area is 183 Å². The minimum absolute atomic E-state index is 0.0333. The van der Waals surface area contributed by atoms with E-state index < -0.39 is 17.8 Å². The highest BCUT2D eigenvalue weighted by atomic mass is 19.4. The van der Waals surface area contributed by atoms with Crippen LogP contribution >= 0.6 is 0 Å². The molecule has 1 aromatic heterocycles. The van der Waals surface area contributed by atoms with Crippen LogP contribution in [0.25, 0.3) is 0 Å². The third kappa shape index (κ3) is 4.43. The van der Waals surface area contributed by atoms with E-state index in [0.717, 1.165) is 29.0 Å². The summed E-state index contributed by atoms with van der Waals surface area (Å²) in [6.45, 7) is 6.43. The highest BCUT2D eigenvalue weighted by Gasteiger charge is 2.33. The van der Waals surface area contributed by atoms with Crippen LogP contribution in [0.4, 0.5) is 29.5 Å². The van der Waals surface area contributed by atoms with Crippen LogP contribution in [-0.4, -0.2) is 52.3 Å². The van der Waals surface area contributed by atoms with Crippen molar-refractivity contribution in [1.82, 2.24) is 20.0 Å². The van der Waals surface area contributed by atoms with Crippen molar-refractivity contribution in [1.29, 1.82) is 0 Å². The average Bonchev–Trinajstić information content (AvgIpc) is 3.21. The van der Waals surface area contributed by atoms with Crippen molar-refractivity contribution in [2.45, 2.75) is 39.2 Å². The van der Waals surface area contributed by atoms with Gasteiger partial charge in [0.05, 0.1) is 43.6 Å². The summed E-state index contributed by atoms with van der Waals surface area (Å²) >= 11 is 0. The van der Waals surface area contributed by atoms with Gasteiger partial charge in [0.1, 0.15) is 0 Å². The number of anilines is 2. The minimum atomic E-state index is -4.49. The van der Waals surface area contributed by atoms with Crippen molar-refractivity contribution in [3.05, 3.63) is 46.1 Å². The average molecular weight is 450 g/mol. The largest absolute Gasteiger partial charge is 0.416 e. The number of carbonyl (C=O) groups is 1. The number of hydrogen-bond acceptors (Lipinski definition) is 6. The van der Waals surface area contributed by atoms with E-state index in [0.29, 0.717) is 50.8 Å². The quantitative estimate of drug-likeness (QED) is 0.697. The number of nitrogens with zero attached hydrogens (tertiary/aromatic N) is 4. The molecule has 3 heterocycles. The third-order valence-corrected chi connectivity index (χ3v) is 5.80. The number of alkyl halides is 3. The molecule has 2 aliphatic heterocycles. The summed E-state index contributed by atoms with van der Waals surface area (Å²) in [4.78, 5) is 16.4. The maximum Gasteiger partial charge on any atom is 0.416 e. The summed E-state index contributed by atoms with van der Waals surface area (Å²) in [6.07, 6.45) is -4.49. The second-order valence-corrected chi connectivity index (χ2v) is 8.08. The molecule has 11 heteroatoms. The van der Waals surface area contributed by atoms with Crippen molar-refractivity contribution in [3.63, 3.8) is 0 Å². The first-order valence-corrected chi connectivity index (χ1v) is 10.3. The number of amides is 2. The van der Waals surface area contributed by atoms with Gasteiger partial charge in [0.15, 0.2) is 5.82 Å². The summed E-state index contributed by atoms with van der Waals surface area (Å²) in [5.74, 6) is 0.450. The second kappa shape index (κ2) is 8.45. The monoisotopic (exact) mass is 450 g/mol. The van der Waals surface area contributed by atoms with Gasteiger partial charge in [0.25, 0.3) is 0 Å². The molecule has 4 rings (SSSR count). The van der Waals surface area contributed by atoms with Gasteiger partial charge >= 0.3 is 12.2 Å². The van der Waals surface area contributed by atoms with Crippen LogP contribution in [0.1, 0.15) is 40.9 Å². The number of nitrogens with two attached hydrogens (primary N) is 1. The normalized spacial score (nSPS) is 17.3. The fourth-order valence-electron chi connectivity index (χ4n) is 4.01. The van der Waals surface area contributed by atoms with Crippen molar-refractivity contribution in [3.8, 4) is 0 Å². The molecule has 3 N–H and O–H groups in total. The van der Waals surface area contributed by atoms with Gasteiger partial charge in [0.2, 0.25) is 0 Å². The highest BCUT2D eigenvalue weighted by molar-refractivity contribution is 5.76. The number of nitrogens with one attached hydrogen (secondary N) is 1. The number of fused-ring (bicyclic) bond motifs is 1. The molecule has 32 heavy (non-hydrogen) atoms. The van der Waals surface area contributed by atoms with Gasteiger partial charge in [-0.1, -0.05) is 0 Å². The Morgan fingerprint density at radius 2 is 1.81 bits per heavy atom. The number of nitrogen functional groups attached to an aromatic ring is 1. The van der Waals surface area contributed by atoms with E-state index in [-0.39, 0.29) is 11.7 Å². The molecule has 2 aromatic rings. The lowest BCUT2D eigenvalue weighted by atomic mass is 10.0. The highest BCUT2D eigenvalue weighted by Crippen LogP contribution is 2.35. The maximum absolute atomic E-state index is 13.2. The summed E-state index contributed by atoms with van der Waals surface area (Å²) < 4.78 is 44.9. The second-order valence-electron chi connectivity index (χ2n) is 8.08. The zero-order valence-electron chi connectivity index (χ0n) is 17.9. The Morgan fingerprint density at radius 3 is 2.50 bits per heavy atom. The van der Waals surface area contributed by atoms with Crippen LogP contribution in [0.15, 0.2) is 18.2 Å². The molecule has 2 amide bonds. The Morgan fingerprint density at radius 1 is 1.12 bits per heavy atom. The Bertz CT molecular complexity index is 1020. The third-order valence-electron chi connectivity index (χ3n) is 5.80. The molecule has 1 fully saturated rings. The molecule has 1 atom stereocenters. The van der Waals surface area contributed by atoms with Crippen LogP contribution in [-0.2, 0) is 24.0 Å². The van der Waals surface area contributed by atoms with E-state index in [4.69, 9.17) is 10.5 Å². The number of hydrogen-bond donors (Lipinski definition) is 2. The maximum atomic E-state index is 13.2. The van der Waals surface area contributed by atoms with Crippen molar-refractivity contribution < 1.29 is 22.7 Å². The van der Waals surface area contributed by atoms with Crippen molar-refractivity contribution in [2.75, 3.05) is 37.4 Å². The lowest BCUT2D eigenvalue weighted by Gasteiger charge is -2.30. The number of carbonyl (C=O) groups excluding carboxylic acids is 1. The molecule has 0 saturated carbocycles. The number of urea groups is 1. The Kier molecular flexibility index (Phi) is 5.85. The molecule has 2 aliphatic rings. The molecular formula is C21H25F3N6O2. The van der Waals surface area contributed by atoms with Gasteiger partial charge in [-0.25, -0.2) is 4.79 Å². The van der Waals surface area contributed by atoms with E-state index in [1.54, 1.807) is 16.7 Å². The van der Waals surface area contributed by atoms with Crippen LogP contribution in [0.2, 0.25) is 0 Å². The fourth-order valence-corrected chi connectivity index (χ4v) is 4.01. The van der Waals surface area contributed by atoms with Gasteiger partial charge in [-0.3, -0.25) is 0 Å². The predicted octanol–water partition coefficient (Wildman–Crippen LogP) is 3.33. The van der Waals surface area contributed by atoms with Gasteiger partial charge in [-0.05, 0) is 37.6 Å². The van der Waals surface area contributed by atoms with Gasteiger partial charge in [-0.2, -0.15) is 18.3 Å². The topological polar surface area (TPSA) is 96.6 Å². The van der Waals surface area contributed by atoms with E-state index >= 15 is 0 Å². The van der Waals surface area contributed by atoms with E-state index in [1.165, 1.54) is 6.07 Å². The van der Waals surface area contributed by atoms with Gasteiger partial charge in [-0.15, -0.1) is 5.10 Å². The van der Waals surface area contributed by atoms with Crippen LogP contribution in [0.3, 0.4) is 0 Å². The number of rotatable bonds is 3. The number of benzene rings is 1. The van der Waals surface area contributed by atoms with E-state index in [2.05, 4.69) is 15.5 Å². The lowest BCUT2D eigenvalue weighted by molar-refractivity contribution is -0.137. The van der Waals surface area contributed by atoms with Crippen LogP contribution < -0.4 is 11.1 Å². The predicted molar refractivity (Wildman–Crippen MR) is 112 cm³/mol. The molecule has 8 nitrogen and oxygen atoms in total. The zero-order chi connectivity index (χ0) is 23.0. The first-order valence-electron chi connectivity index (χ1n) is 10.3. The number of halogens is 3. The first kappa shape index (κ1) is 22.1. The molecule has 1 saturated heterocycles. The molecule has 0 spiro atoms. The molecule has 1 aromatic carbocycles. The van der Waals surface area contributed by atoms with Crippen LogP contribution in [0, 0.1) is 6.92 Å². The smallest absolute Gasteiger partial charge is 0.399 e. The van der Waals surface area contributed by atoms with Gasteiger partial charge < -0.3 is 25.6 Å². The number of aryl methyl sites for hydroxylation is 1. The summed E-state index contributed by atoms with van der Waals surface area (Å²) in [5, 5.41) is 11.6. The number of morpholine rings is 1. The number of ether oxygens (including phenoxy) is 1. The standard InChI is InChI=1S/C21H25F3N6O2/c1-12(14-7-15(21(22,23)24)9-16(25)8-14)26-19-18-11-30(10-17(18)13(2)27-28-19)20(31)29-3-5-32-6-4-29/h7-9,12H,3-6,10-11,25H2,1-2H3,(H,26,28)/t12-/m1/s1. The van der Waals surface area contributed by atoms with Crippen LogP contribution in [0.5, 0.6) is 0 Å². The zero-order valence-corrected chi connectivity index (χ0v) is 17.9. The Balaban J connectivity index is 1.55. The minimum Gasteiger partial charge on any atom is -0.399 e. The van der Waals surface area contributed by atoms with Crippen molar-refractivity contribution >= 4 is 17.5 Å². The molecule has 0 aliphatic carbocycles. The molecule has 0 bridgehead atoms. The molecular weight excluding hydrogens is 425 g/mol. The summed E-state index contributed by atoms with van der Waals surface area (Å²) in [7, 11) is 0. The SMILES string of the molecule is Cc1nnc(N[C@H](C)c2cc(N)cc(C(F)(F)F)c2)c2c1CN(C(=O)N1CCOCC1)C2. The summed E-state index contributed by atoms with van der Waals surface area (Å²) in [6, 6.07) is 2.90. The van der Waals surface area contributed by atoms with Gasteiger partial charge in [0, 0.05) is 29.9 Å². The molecule has 172 valence electrons. The molecule has 0 radical (unpaired) electrons. The first-order chi connectivity index (χ1) is 15.1. The number of aromatic nitrogens is 2. The Hall–Kier alpha value is -3.08. The van der Waals surface area contributed by atoms with E-state index in [9.17, 15) is 18.0 Å². The lowest BCUT2D eigenvalue weighted by Crippen LogP contribution is -2.46. The van der Waals surface area contributed by atoms with Crippen molar-refractivity contribution in [2.24, 2.45) is 0 Å². The fraction of sp³-hybridized carbons (Fsp3) is 0.476. The molecule has 0 unspecified atom stereocenters. The van der Waals surface area contributed by atoms with E-state index in [1.807, 2.05) is 6.92 Å².